The van der Waals surface area contributed by atoms with Crippen molar-refractivity contribution < 1.29 is 17.9 Å². The summed E-state index contributed by atoms with van der Waals surface area (Å²) < 4.78 is 36.8. The van der Waals surface area contributed by atoms with Crippen molar-refractivity contribution in [2.75, 3.05) is 0 Å². The van der Waals surface area contributed by atoms with Gasteiger partial charge in [0, 0.05) is 0 Å². The summed E-state index contributed by atoms with van der Waals surface area (Å²) in [5.41, 5.74) is -0.625. The van der Waals surface area contributed by atoms with Crippen molar-refractivity contribution in [3.8, 4) is 17.5 Å². The Bertz CT molecular complexity index is 1400. The number of hydrogen-bond acceptors (Lipinski definition) is 7. The lowest BCUT2D eigenvalue weighted by Gasteiger charge is -2.09. The Hall–Kier alpha value is -4.18. The highest BCUT2D eigenvalue weighted by Crippen LogP contribution is 2.26. The Morgan fingerprint density at radius 3 is 1.94 bits per heavy atom. The van der Waals surface area contributed by atoms with E-state index in [2.05, 4.69) is 9.97 Å². The smallest absolute Gasteiger partial charge is 0.353 e. The van der Waals surface area contributed by atoms with Gasteiger partial charge >= 0.3 is 17.4 Å². The Balaban J connectivity index is 1.46. The van der Waals surface area contributed by atoms with Crippen LogP contribution in [0.2, 0.25) is 0 Å². The van der Waals surface area contributed by atoms with Gasteiger partial charge in [0.1, 0.15) is 18.1 Å². The second kappa shape index (κ2) is 8.90. The van der Waals surface area contributed by atoms with Crippen LogP contribution < -0.4 is 20.9 Å². The monoisotopic (exact) mass is 451 g/mol. The van der Waals surface area contributed by atoms with Crippen molar-refractivity contribution in [2.24, 2.45) is 0 Å². The largest absolute Gasteiger partial charge is 0.489 e. The molecule has 4 aromatic rings. The molecule has 0 aliphatic carbocycles. The number of H-pyrrole nitrogens is 2. The molecule has 32 heavy (non-hydrogen) atoms. The number of aromatic nitrogens is 3. The topological polar surface area (TPSA) is 131 Å². The van der Waals surface area contributed by atoms with Crippen LogP contribution in [0.1, 0.15) is 5.56 Å². The highest BCUT2D eigenvalue weighted by atomic mass is 32.2. The molecule has 0 aliphatic rings. The van der Waals surface area contributed by atoms with Gasteiger partial charge in [0.15, 0.2) is 0 Å². The lowest BCUT2D eigenvalue weighted by atomic mass is 10.2. The predicted molar refractivity (Wildman–Crippen MR) is 115 cm³/mol. The first-order chi connectivity index (χ1) is 15.4. The van der Waals surface area contributed by atoms with E-state index in [0.717, 1.165) is 5.56 Å². The number of hydrogen-bond donors (Lipinski definition) is 2. The molecule has 4 rings (SSSR count). The molecule has 0 bridgehead atoms. The molecule has 9 nitrogen and oxygen atoms in total. The fourth-order valence-corrected chi connectivity index (χ4v) is 4.07. The first-order valence-electron chi connectivity index (χ1n) is 9.41. The van der Waals surface area contributed by atoms with E-state index in [4.69, 9.17) is 9.47 Å². The van der Waals surface area contributed by atoms with E-state index in [-0.39, 0.29) is 21.6 Å². The molecule has 0 saturated heterocycles. The maximum Gasteiger partial charge on any atom is 0.353 e. The molecule has 0 unspecified atom stereocenters. The quantitative estimate of drug-likeness (QED) is 0.442. The first kappa shape index (κ1) is 21.1. The van der Waals surface area contributed by atoms with Gasteiger partial charge in [0.2, 0.25) is 9.84 Å². The van der Waals surface area contributed by atoms with Gasteiger partial charge in [-0.3, -0.25) is 9.97 Å². The summed E-state index contributed by atoms with van der Waals surface area (Å²) in [6.45, 7) is 0.377. The van der Waals surface area contributed by atoms with Crippen molar-refractivity contribution in [2.45, 2.75) is 16.4 Å². The summed E-state index contributed by atoms with van der Waals surface area (Å²) in [6, 6.07) is 21.0. The Kier molecular flexibility index (Phi) is 5.86. The van der Waals surface area contributed by atoms with Crippen molar-refractivity contribution in [3.05, 3.63) is 105 Å². The van der Waals surface area contributed by atoms with E-state index in [1.165, 1.54) is 36.4 Å². The molecular weight excluding hydrogens is 434 g/mol. The lowest BCUT2D eigenvalue weighted by Crippen LogP contribution is -2.24. The molecule has 0 saturated carbocycles. The highest BCUT2D eigenvalue weighted by Gasteiger charge is 2.18. The minimum absolute atomic E-state index is 0.0511. The third-order valence-electron chi connectivity index (χ3n) is 4.37. The van der Waals surface area contributed by atoms with Crippen LogP contribution in [0.5, 0.6) is 17.5 Å². The van der Waals surface area contributed by atoms with Gasteiger partial charge in [0.25, 0.3) is 0 Å². The highest BCUT2D eigenvalue weighted by molar-refractivity contribution is 7.91. The van der Waals surface area contributed by atoms with Crippen LogP contribution in [0, 0.1) is 0 Å². The SMILES string of the molecule is O=c1nc(Oc2ccc(S(=O)(=O)c3ccc(OCc4ccccc4)cc3)cc2)[nH]c(=O)[nH]1. The summed E-state index contributed by atoms with van der Waals surface area (Å²) >= 11 is 0. The maximum absolute atomic E-state index is 12.9. The number of nitrogens with zero attached hydrogens (tertiary/aromatic N) is 1. The number of aromatic amines is 2. The number of benzene rings is 3. The van der Waals surface area contributed by atoms with Crippen LogP contribution in [-0.4, -0.2) is 23.4 Å². The molecule has 0 radical (unpaired) electrons. The van der Waals surface area contributed by atoms with Gasteiger partial charge in [-0.15, -0.1) is 4.98 Å². The Labute approximate surface area is 182 Å². The van der Waals surface area contributed by atoms with Gasteiger partial charge < -0.3 is 9.47 Å². The molecule has 10 heteroatoms. The van der Waals surface area contributed by atoms with Gasteiger partial charge in [-0.2, -0.15) is 0 Å². The zero-order chi connectivity index (χ0) is 22.6. The number of rotatable bonds is 7. The molecule has 162 valence electrons. The third-order valence-corrected chi connectivity index (χ3v) is 6.16. The molecule has 0 spiro atoms. The summed E-state index contributed by atoms with van der Waals surface area (Å²) in [4.78, 5) is 30.3. The van der Waals surface area contributed by atoms with Crippen molar-refractivity contribution >= 4 is 9.84 Å². The molecular formula is C22H17N3O6S. The zero-order valence-electron chi connectivity index (χ0n) is 16.5. The molecule has 0 atom stereocenters. The molecule has 0 amide bonds. The van der Waals surface area contributed by atoms with Crippen LogP contribution in [0.3, 0.4) is 0 Å². The second-order valence-corrected chi connectivity index (χ2v) is 8.57. The van der Waals surface area contributed by atoms with Gasteiger partial charge in [-0.25, -0.2) is 18.0 Å². The van der Waals surface area contributed by atoms with E-state index < -0.39 is 21.2 Å². The molecule has 2 N–H and O–H groups in total. The Morgan fingerprint density at radius 2 is 1.34 bits per heavy atom. The van der Waals surface area contributed by atoms with E-state index in [1.54, 1.807) is 12.1 Å². The van der Waals surface area contributed by atoms with Crippen LogP contribution in [-0.2, 0) is 16.4 Å². The second-order valence-electron chi connectivity index (χ2n) is 6.62. The van der Waals surface area contributed by atoms with Gasteiger partial charge in [-0.1, -0.05) is 30.3 Å². The van der Waals surface area contributed by atoms with E-state index >= 15 is 0 Å². The zero-order valence-corrected chi connectivity index (χ0v) is 17.3. The van der Waals surface area contributed by atoms with Crippen LogP contribution in [0.4, 0.5) is 0 Å². The van der Waals surface area contributed by atoms with E-state index in [0.29, 0.717) is 12.4 Å². The molecule has 1 heterocycles. The summed E-state index contributed by atoms with van der Waals surface area (Å²) in [5, 5.41) is 0. The fraction of sp³-hybridized carbons (Fsp3) is 0.0455. The minimum Gasteiger partial charge on any atom is -0.489 e. The minimum atomic E-state index is -3.77. The molecule has 0 aliphatic heterocycles. The Morgan fingerprint density at radius 1 is 0.750 bits per heavy atom. The molecule has 0 fully saturated rings. The van der Waals surface area contributed by atoms with Gasteiger partial charge in [0.05, 0.1) is 9.79 Å². The average molecular weight is 451 g/mol. The number of ether oxygens (including phenoxy) is 2. The third kappa shape index (κ3) is 4.93. The van der Waals surface area contributed by atoms with Gasteiger partial charge in [-0.05, 0) is 54.1 Å². The number of nitrogens with one attached hydrogen (secondary N) is 2. The standard InChI is InChI=1S/C22H17N3O6S/c26-20-23-21(27)25-22(24-20)31-17-8-12-19(13-9-17)32(28,29)18-10-6-16(7-11-18)30-14-15-4-2-1-3-5-15/h1-13H,14H2,(H2,23,24,25,26,27). The molecule has 1 aromatic heterocycles. The van der Waals surface area contributed by atoms with E-state index in [1.807, 2.05) is 35.3 Å². The number of sulfone groups is 1. The van der Waals surface area contributed by atoms with E-state index in [9.17, 15) is 18.0 Å². The average Bonchev–Trinajstić information content (AvgIpc) is 2.78. The summed E-state index contributed by atoms with van der Waals surface area (Å²) in [5.74, 6) is 0.748. The van der Waals surface area contributed by atoms with Crippen molar-refractivity contribution in [1.82, 2.24) is 15.0 Å². The predicted octanol–water partition coefficient (Wildman–Crippen LogP) is 2.66. The van der Waals surface area contributed by atoms with Crippen LogP contribution in [0.15, 0.2) is 98.2 Å². The first-order valence-corrected chi connectivity index (χ1v) is 10.9. The molecule has 3 aromatic carbocycles. The van der Waals surface area contributed by atoms with Crippen molar-refractivity contribution in [1.29, 1.82) is 0 Å². The normalized spacial score (nSPS) is 11.1. The van der Waals surface area contributed by atoms with Crippen LogP contribution >= 0.6 is 0 Å². The lowest BCUT2D eigenvalue weighted by molar-refractivity contribution is 0.306. The summed E-state index contributed by atoms with van der Waals surface area (Å²) in [6.07, 6.45) is 0. The van der Waals surface area contributed by atoms with Crippen LogP contribution in [0.25, 0.3) is 0 Å². The fourth-order valence-electron chi connectivity index (χ4n) is 2.81. The summed E-state index contributed by atoms with van der Waals surface area (Å²) in [7, 11) is -3.77. The van der Waals surface area contributed by atoms with Crippen molar-refractivity contribution in [3.63, 3.8) is 0 Å². The maximum atomic E-state index is 12.9.